The van der Waals surface area contributed by atoms with Gasteiger partial charge in [0.15, 0.2) is 11.6 Å². The Morgan fingerprint density at radius 2 is 1.97 bits per heavy atom. The molecule has 0 spiro atoms. The first kappa shape index (κ1) is 17.3. The van der Waals surface area contributed by atoms with Crippen molar-refractivity contribution in [1.82, 2.24) is 30.0 Å². The second kappa shape index (κ2) is 7.31. The van der Waals surface area contributed by atoms with Crippen LogP contribution in [0.15, 0.2) is 61.2 Å². The predicted octanol–water partition coefficient (Wildman–Crippen LogP) is 2.78. The normalized spacial score (nSPS) is 13.4. The highest BCUT2D eigenvalue weighted by atomic mass is 16.1. The zero-order valence-electron chi connectivity index (χ0n) is 15.6. The maximum atomic E-state index is 12.3. The number of nitrogens with zero attached hydrogens (tertiary/aromatic N) is 5. The molecule has 0 saturated heterocycles. The van der Waals surface area contributed by atoms with Crippen molar-refractivity contribution in [2.45, 2.75) is 25.3 Å². The van der Waals surface area contributed by atoms with Crippen LogP contribution >= 0.6 is 0 Å². The van der Waals surface area contributed by atoms with Crippen LogP contribution in [0.3, 0.4) is 0 Å². The van der Waals surface area contributed by atoms with E-state index in [-0.39, 0.29) is 5.91 Å². The number of benzene rings is 1. The number of carbonyl (C=O) groups excluding carboxylic acids is 1. The van der Waals surface area contributed by atoms with Gasteiger partial charge >= 0.3 is 0 Å². The zero-order chi connectivity index (χ0) is 19.6. The van der Waals surface area contributed by atoms with E-state index < -0.39 is 0 Å². The molecule has 1 aliphatic carbocycles. The van der Waals surface area contributed by atoms with Crippen molar-refractivity contribution in [3.8, 4) is 5.82 Å². The average molecular weight is 385 g/mol. The van der Waals surface area contributed by atoms with Gasteiger partial charge in [0.1, 0.15) is 5.82 Å². The van der Waals surface area contributed by atoms with Gasteiger partial charge in [0.25, 0.3) is 0 Å². The van der Waals surface area contributed by atoms with Crippen LogP contribution < -0.4 is 10.6 Å². The van der Waals surface area contributed by atoms with Crippen molar-refractivity contribution in [2.24, 2.45) is 0 Å². The molecule has 4 aromatic rings. The highest BCUT2D eigenvalue weighted by molar-refractivity contribution is 5.90. The Morgan fingerprint density at radius 3 is 2.72 bits per heavy atom. The predicted molar refractivity (Wildman–Crippen MR) is 109 cm³/mol. The summed E-state index contributed by atoms with van der Waals surface area (Å²) in [5.74, 6) is 1.92. The SMILES string of the molecule is O=C(Cc1cn(-c2ccc(Nc3cnccn3)nn2)c2ccccc12)NC1CC1. The van der Waals surface area contributed by atoms with Gasteiger partial charge in [0.05, 0.1) is 18.1 Å². The van der Waals surface area contributed by atoms with Gasteiger partial charge in [-0.25, -0.2) is 4.98 Å². The lowest BCUT2D eigenvalue weighted by molar-refractivity contribution is -0.120. The minimum atomic E-state index is 0.0602. The van der Waals surface area contributed by atoms with E-state index in [1.165, 1.54) is 0 Å². The van der Waals surface area contributed by atoms with Gasteiger partial charge in [-0.3, -0.25) is 14.3 Å². The molecule has 1 saturated carbocycles. The van der Waals surface area contributed by atoms with Crippen molar-refractivity contribution in [3.63, 3.8) is 0 Å². The highest BCUT2D eigenvalue weighted by Gasteiger charge is 2.24. The number of hydrogen-bond donors (Lipinski definition) is 2. The van der Waals surface area contributed by atoms with Crippen LogP contribution in [0.2, 0.25) is 0 Å². The monoisotopic (exact) mass is 385 g/mol. The first-order valence-electron chi connectivity index (χ1n) is 9.52. The van der Waals surface area contributed by atoms with Crippen LogP contribution in [-0.2, 0) is 11.2 Å². The number of nitrogens with one attached hydrogen (secondary N) is 2. The number of rotatable bonds is 6. The Morgan fingerprint density at radius 1 is 1.07 bits per heavy atom. The second-order valence-corrected chi connectivity index (χ2v) is 7.05. The summed E-state index contributed by atoms with van der Waals surface area (Å²) in [5.41, 5.74) is 1.97. The number of aromatic nitrogens is 5. The standard InChI is InChI=1S/C21H19N7O/c29-21(24-15-5-6-15)11-14-13-28(17-4-2-1-3-16(14)17)20-8-7-18(26-27-20)25-19-12-22-9-10-23-19/h1-4,7-10,12-13,15H,5-6,11H2,(H,24,29)(H,23,25,26). The largest absolute Gasteiger partial charge is 0.353 e. The van der Waals surface area contributed by atoms with Crippen molar-refractivity contribution < 1.29 is 4.79 Å². The van der Waals surface area contributed by atoms with Gasteiger partial charge < -0.3 is 10.6 Å². The van der Waals surface area contributed by atoms with Gasteiger partial charge in [-0.15, -0.1) is 10.2 Å². The van der Waals surface area contributed by atoms with Crippen LogP contribution in [0.5, 0.6) is 0 Å². The van der Waals surface area contributed by atoms with E-state index in [1.54, 1.807) is 18.6 Å². The molecule has 1 amide bonds. The quantitative estimate of drug-likeness (QED) is 0.530. The Bertz CT molecular complexity index is 1150. The van der Waals surface area contributed by atoms with E-state index in [0.29, 0.717) is 29.9 Å². The van der Waals surface area contributed by atoms with Gasteiger partial charge in [0, 0.05) is 30.0 Å². The molecule has 1 fully saturated rings. The average Bonchev–Trinajstić information content (AvgIpc) is 3.49. The molecule has 8 heteroatoms. The van der Waals surface area contributed by atoms with Crippen molar-refractivity contribution in [3.05, 3.63) is 66.7 Å². The lowest BCUT2D eigenvalue weighted by Crippen LogP contribution is -2.26. The fraction of sp³-hybridized carbons (Fsp3) is 0.190. The third kappa shape index (κ3) is 3.77. The van der Waals surface area contributed by atoms with Crippen LogP contribution in [-0.4, -0.2) is 36.7 Å². The molecule has 3 aromatic heterocycles. The number of carbonyl (C=O) groups is 1. The molecule has 0 atom stereocenters. The van der Waals surface area contributed by atoms with Gasteiger partial charge in [-0.2, -0.15) is 0 Å². The summed E-state index contributed by atoms with van der Waals surface area (Å²) in [7, 11) is 0. The maximum Gasteiger partial charge on any atom is 0.224 e. The molecule has 5 rings (SSSR count). The summed E-state index contributed by atoms with van der Waals surface area (Å²) in [4.78, 5) is 20.5. The topological polar surface area (TPSA) is 97.6 Å². The maximum absolute atomic E-state index is 12.3. The molecule has 1 aliphatic rings. The fourth-order valence-corrected chi connectivity index (χ4v) is 3.28. The summed E-state index contributed by atoms with van der Waals surface area (Å²) in [6, 6.07) is 12.1. The van der Waals surface area contributed by atoms with E-state index in [2.05, 4.69) is 30.8 Å². The lowest BCUT2D eigenvalue weighted by Gasteiger charge is -2.06. The minimum absolute atomic E-state index is 0.0602. The van der Waals surface area contributed by atoms with Crippen LogP contribution in [0.1, 0.15) is 18.4 Å². The second-order valence-electron chi connectivity index (χ2n) is 7.05. The summed E-state index contributed by atoms with van der Waals surface area (Å²) >= 11 is 0. The van der Waals surface area contributed by atoms with E-state index in [1.807, 2.05) is 47.2 Å². The summed E-state index contributed by atoms with van der Waals surface area (Å²) in [6.45, 7) is 0. The van der Waals surface area contributed by atoms with E-state index in [0.717, 1.165) is 29.3 Å². The number of fused-ring (bicyclic) bond motifs is 1. The molecule has 2 N–H and O–H groups in total. The van der Waals surface area contributed by atoms with E-state index in [4.69, 9.17) is 0 Å². The van der Waals surface area contributed by atoms with E-state index in [9.17, 15) is 4.79 Å². The Hall–Kier alpha value is -3.81. The molecular weight excluding hydrogens is 366 g/mol. The summed E-state index contributed by atoms with van der Waals surface area (Å²) < 4.78 is 1.97. The first-order valence-corrected chi connectivity index (χ1v) is 9.52. The molecular formula is C21H19N7O. The Kier molecular flexibility index (Phi) is 4.36. The Labute approximate surface area is 167 Å². The number of hydrogen-bond acceptors (Lipinski definition) is 6. The third-order valence-electron chi connectivity index (χ3n) is 4.80. The number of amides is 1. The zero-order valence-corrected chi connectivity index (χ0v) is 15.6. The van der Waals surface area contributed by atoms with Crippen molar-refractivity contribution in [2.75, 3.05) is 5.32 Å². The molecule has 0 radical (unpaired) electrons. The Balaban J connectivity index is 1.42. The van der Waals surface area contributed by atoms with Gasteiger partial charge in [0.2, 0.25) is 5.91 Å². The smallest absolute Gasteiger partial charge is 0.224 e. The van der Waals surface area contributed by atoms with Crippen LogP contribution in [0.25, 0.3) is 16.7 Å². The van der Waals surface area contributed by atoms with Crippen LogP contribution in [0, 0.1) is 0 Å². The molecule has 0 unspecified atom stereocenters. The minimum Gasteiger partial charge on any atom is -0.353 e. The highest BCUT2D eigenvalue weighted by Crippen LogP contribution is 2.25. The van der Waals surface area contributed by atoms with E-state index >= 15 is 0 Å². The molecule has 29 heavy (non-hydrogen) atoms. The molecule has 0 bridgehead atoms. The van der Waals surface area contributed by atoms with Crippen molar-refractivity contribution >= 4 is 28.4 Å². The first-order chi connectivity index (χ1) is 14.3. The molecule has 0 aliphatic heterocycles. The molecule has 1 aromatic carbocycles. The third-order valence-corrected chi connectivity index (χ3v) is 4.80. The van der Waals surface area contributed by atoms with Gasteiger partial charge in [-0.1, -0.05) is 18.2 Å². The summed E-state index contributed by atoms with van der Waals surface area (Å²) in [6.07, 6.45) is 9.32. The van der Waals surface area contributed by atoms with Gasteiger partial charge in [-0.05, 0) is 36.6 Å². The van der Waals surface area contributed by atoms with Crippen LogP contribution in [0.4, 0.5) is 11.6 Å². The fourth-order valence-electron chi connectivity index (χ4n) is 3.28. The van der Waals surface area contributed by atoms with Crippen molar-refractivity contribution in [1.29, 1.82) is 0 Å². The molecule has 3 heterocycles. The summed E-state index contributed by atoms with van der Waals surface area (Å²) in [5, 5.41) is 15.8. The molecule has 144 valence electrons. The lowest BCUT2D eigenvalue weighted by atomic mass is 10.1. The number of para-hydroxylation sites is 1. The number of anilines is 2. The molecule has 8 nitrogen and oxygen atoms in total.